The molecule has 2 atom stereocenters. The molecule has 1 saturated heterocycles. The molecule has 0 aliphatic carbocycles. The molecular formula is C21H20N4O3. The van der Waals surface area contributed by atoms with Crippen LogP contribution in [0.4, 0.5) is 0 Å². The molecule has 2 aliphatic rings. The quantitative estimate of drug-likeness (QED) is 0.730. The van der Waals surface area contributed by atoms with E-state index in [2.05, 4.69) is 10.2 Å². The van der Waals surface area contributed by atoms with Gasteiger partial charge in [-0.3, -0.25) is 14.4 Å². The molecule has 1 aromatic carbocycles. The molecule has 2 unspecified atom stereocenters. The highest BCUT2D eigenvalue weighted by Gasteiger charge is 2.36. The number of carbonyl (C=O) groups excluding carboxylic acids is 1. The number of carbonyl (C=O) groups is 1. The molecule has 7 heteroatoms. The fourth-order valence-corrected chi connectivity index (χ4v) is 4.69. The molecule has 2 aromatic heterocycles. The number of pyridine rings is 1. The second kappa shape index (κ2) is 6.44. The number of benzene rings is 1. The first-order valence-electron chi connectivity index (χ1n) is 9.54. The van der Waals surface area contributed by atoms with Gasteiger partial charge < -0.3 is 9.47 Å². The Hall–Kier alpha value is -3.22. The zero-order chi connectivity index (χ0) is 19.3. The van der Waals surface area contributed by atoms with Crippen molar-refractivity contribution in [3.63, 3.8) is 0 Å². The Balaban J connectivity index is 1.42. The second-order valence-electron chi connectivity index (χ2n) is 7.71. The van der Waals surface area contributed by atoms with Crippen LogP contribution in [-0.4, -0.2) is 38.7 Å². The first-order chi connectivity index (χ1) is 13.6. The van der Waals surface area contributed by atoms with Crippen molar-refractivity contribution in [1.82, 2.24) is 19.7 Å². The average Bonchev–Trinajstić information content (AvgIpc) is 2.70. The number of aromatic nitrogens is 3. The van der Waals surface area contributed by atoms with Gasteiger partial charge in [0.15, 0.2) is 0 Å². The van der Waals surface area contributed by atoms with Gasteiger partial charge in [0.25, 0.3) is 11.1 Å². The van der Waals surface area contributed by atoms with Crippen LogP contribution >= 0.6 is 0 Å². The Morgan fingerprint density at radius 3 is 2.75 bits per heavy atom. The summed E-state index contributed by atoms with van der Waals surface area (Å²) in [5.41, 5.74) is 1.39. The van der Waals surface area contributed by atoms with Crippen LogP contribution in [0.25, 0.3) is 10.8 Å². The van der Waals surface area contributed by atoms with Gasteiger partial charge in [0.05, 0.1) is 23.5 Å². The van der Waals surface area contributed by atoms with Crippen LogP contribution in [0.3, 0.4) is 0 Å². The minimum atomic E-state index is -0.254. The maximum atomic E-state index is 13.0. The predicted octanol–water partition coefficient (Wildman–Crippen LogP) is 1.27. The summed E-state index contributed by atoms with van der Waals surface area (Å²) in [6.07, 6.45) is 1.88. The molecule has 0 radical (unpaired) electrons. The number of piperidine rings is 1. The van der Waals surface area contributed by atoms with Crippen LogP contribution in [0.2, 0.25) is 0 Å². The molecule has 0 spiro atoms. The van der Waals surface area contributed by atoms with E-state index in [-0.39, 0.29) is 29.5 Å². The highest BCUT2D eigenvalue weighted by molar-refractivity contribution is 5.88. The number of fused-ring (bicyclic) bond motifs is 5. The minimum absolute atomic E-state index is 0.00328. The Labute approximate surface area is 160 Å². The number of likely N-dealkylation sites (tertiary alicyclic amines) is 1. The summed E-state index contributed by atoms with van der Waals surface area (Å²) in [7, 11) is 0. The van der Waals surface area contributed by atoms with Gasteiger partial charge in [0, 0.05) is 30.2 Å². The summed E-state index contributed by atoms with van der Waals surface area (Å²) in [4.78, 5) is 39.2. The number of hydrogen-bond acceptors (Lipinski definition) is 4. The maximum Gasteiger partial charge on any atom is 0.272 e. The summed E-state index contributed by atoms with van der Waals surface area (Å²) in [6, 6.07) is 12.6. The van der Waals surface area contributed by atoms with E-state index in [0.29, 0.717) is 35.5 Å². The highest BCUT2D eigenvalue weighted by atomic mass is 16.2. The van der Waals surface area contributed by atoms with Crippen molar-refractivity contribution in [3.05, 3.63) is 74.6 Å². The number of amides is 1. The van der Waals surface area contributed by atoms with Crippen LogP contribution < -0.4 is 11.1 Å². The van der Waals surface area contributed by atoms with Gasteiger partial charge >= 0.3 is 0 Å². The van der Waals surface area contributed by atoms with E-state index in [0.717, 1.165) is 18.5 Å². The van der Waals surface area contributed by atoms with Crippen molar-refractivity contribution < 1.29 is 4.79 Å². The van der Waals surface area contributed by atoms with Crippen LogP contribution in [0.15, 0.2) is 52.1 Å². The number of aromatic amines is 1. The van der Waals surface area contributed by atoms with Gasteiger partial charge in [-0.05, 0) is 30.9 Å². The summed E-state index contributed by atoms with van der Waals surface area (Å²) in [5.74, 6) is 0.344. The third-order valence-corrected chi connectivity index (χ3v) is 5.90. The number of nitrogens with zero attached hydrogens (tertiary/aromatic N) is 3. The molecule has 0 saturated carbocycles. The summed E-state index contributed by atoms with van der Waals surface area (Å²) < 4.78 is 1.85. The Bertz CT molecular complexity index is 1200. The third-order valence-electron chi connectivity index (χ3n) is 5.90. The van der Waals surface area contributed by atoms with Crippen LogP contribution in [0, 0.1) is 5.92 Å². The standard InChI is InChI=1S/C21H20N4O3/c26-19-7-3-4-14-8-13-9-15(25(14)19)12-24(11-13)20(27)10-18-16-5-1-2-6-17(16)21(28)23-22-18/h1-7,13,15H,8-12H2,(H,23,28). The Kier molecular flexibility index (Phi) is 3.89. The number of H-pyrrole nitrogens is 1. The van der Waals surface area contributed by atoms with Crippen molar-refractivity contribution in [2.45, 2.75) is 25.3 Å². The zero-order valence-electron chi connectivity index (χ0n) is 15.3. The molecule has 7 nitrogen and oxygen atoms in total. The number of rotatable bonds is 2. The van der Waals surface area contributed by atoms with Gasteiger partial charge in [0.2, 0.25) is 5.91 Å². The summed E-state index contributed by atoms with van der Waals surface area (Å²) in [5, 5.41) is 7.86. The lowest BCUT2D eigenvalue weighted by atomic mass is 9.85. The van der Waals surface area contributed by atoms with E-state index in [4.69, 9.17) is 0 Å². The van der Waals surface area contributed by atoms with E-state index in [1.807, 2.05) is 33.7 Å². The average molecular weight is 376 g/mol. The smallest absolute Gasteiger partial charge is 0.272 e. The first-order valence-corrected chi connectivity index (χ1v) is 9.54. The van der Waals surface area contributed by atoms with Crippen molar-refractivity contribution >= 4 is 16.7 Å². The molecule has 1 amide bonds. The van der Waals surface area contributed by atoms with Crippen LogP contribution in [-0.2, 0) is 17.6 Å². The lowest BCUT2D eigenvalue weighted by Gasteiger charge is -2.43. The topological polar surface area (TPSA) is 88.1 Å². The van der Waals surface area contributed by atoms with Gasteiger partial charge in [-0.1, -0.05) is 24.3 Å². The fraction of sp³-hybridized carbons (Fsp3) is 0.333. The third kappa shape index (κ3) is 2.74. The van der Waals surface area contributed by atoms with E-state index < -0.39 is 0 Å². The second-order valence-corrected chi connectivity index (χ2v) is 7.71. The van der Waals surface area contributed by atoms with E-state index in [1.165, 1.54) is 0 Å². The van der Waals surface area contributed by atoms with Crippen molar-refractivity contribution in [2.75, 3.05) is 13.1 Å². The summed E-state index contributed by atoms with van der Waals surface area (Å²) in [6.45, 7) is 1.23. The SMILES string of the molecule is O=C(Cc1n[nH]c(=O)c2ccccc12)N1CC2Cc3cccc(=O)n3C(C2)C1. The zero-order valence-corrected chi connectivity index (χ0v) is 15.3. The van der Waals surface area contributed by atoms with Gasteiger partial charge in [-0.15, -0.1) is 0 Å². The van der Waals surface area contributed by atoms with Crippen molar-refractivity contribution in [2.24, 2.45) is 5.92 Å². The van der Waals surface area contributed by atoms with E-state index in [9.17, 15) is 14.4 Å². The van der Waals surface area contributed by atoms with Crippen molar-refractivity contribution in [3.8, 4) is 0 Å². The largest absolute Gasteiger partial charge is 0.340 e. The normalized spacial score (nSPS) is 20.8. The summed E-state index contributed by atoms with van der Waals surface area (Å²) >= 11 is 0. The van der Waals surface area contributed by atoms with Gasteiger partial charge in [-0.25, -0.2) is 5.10 Å². The Morgan fingerprint density at radius 1 is 1.07 bits per heavy atom. The lowest BCUT2D eigenvalue weighted by Crippen LogP contribution is -2.50. The maximum absolute atomic E-state index is 13.0. The Morgan fingerprint density at radius 2 is 1.89 bits per heavy atom. The van der Waals surface area contributed by atoms with Crippen LogP contribution in [0.5, 0.6) is 0 Å². The molecule has 4 heterocycles. The molecule has 5 rings (SSSR count). The van der Waals surface area contributed by atoms with Crippen LogP contribution in [0.1, 0.15) is 23.9 Å². The molecule has 28 heavy (non-hydrogen) atoms. The fourth-order valence-electron chi connectivity index (χ4n) is 4.69. The monoisotopic (exact) mass is 376 g/mol. The van der Waals surface area contributed by atoms with Gasteiger partial charge in [-0.2, -0.15) is 5.10 Å². The molecule has 142 valence electrons. The molecular weight excluding hydrogens is 356 g/mol. The molecule has 2 bridgehead atoms. The minimum Gasteiger partial charge on any atom is -0.340 e. The lowest BCUT2D eigenvalue weighted by molar-refractivity contribution is -0.133. The highest BCUT2D eigenvalue weighted by Crippen LogP contribution is 2.33. The molecule has 1 fully saturated rings. The molecule has 2 aliphatic heterocycles. The molecule has 3 aromatic rings. The van der Waals surface area contributed by atoms with E-state index >= 15 is 0 Å². The number of nitrogens with one attached hydrogen (secondary N) is 1. The molecule has 1 N–H and O–H groups in total. The van der Waals surface area contributed by atoms with Gasteiger partial charge in [0.1, 0.15) is 0 Å². The predicted molar refractivity (Wildman–Crippen MR) is 104 cm³/mol. The van der Waals surface area contributed by atoms with E-state index in [1.54, 1.807) is 18.2 Å². The number of hydrogen-bond donors (Lipinski definition) is 1. The first kappa shape index (κ1) is 16.9. The van der Waals surface area contributed by atoms with Crippen molar-refractivity contribution in [1.29, 1.82) is 0 Å².